The minimum Gasteiger partial charge on any atom is -0.385 e. The Morgan fingerprint density at radius 2 is 1.89 bits per heavy atom. The molecule has 6 rings (SSSR count). The van der Waals surface area contributed by atoms with Crippen molar-refractivity contribution >= 4 is 34.9 Å². The van der Waals surface area contributed by atoms with Crippen molar-refractivity contribution in [2.24, 2.45) is 0 Å². The van der Waals surface area contributed by atoms with E-state index in [1.165, 1.54) is 25.1 Å². The SMILES string of the molecule is O=c1cc(N2CCOCC2)cc(-c2cccc3c2Sc2ccc(NCCCc4cccnc4)cc2S3)[nH]1. The van der Waals surface area contributed by atoms with Gasteiger partial charge >= 0.3 is 0 Å². The van der Waals surface area contributed by atoms with Crippen molar-refractivity contribution in [2.75, 3.05) is 43.1 Å². The van der Waals surface area contributed by atoms with Crippen molar-refractivity contribution in [3.8, 4) is 11.3 Å². The zero-order valence-electron chi connectivity index (χ0n) is 20.4. The molecule has 0 unspecified atom stereocenters. The molecule has 0 atom stereocenters. The largest absolute Gasteiger partial charge is 0.385 e. The number of hydrogen-bond donors (Lipinski definition) is 2. The first-order valence-corrected chi connectivity index (χ1v) is 14.2. The van der Waals surface area contributed by atoms with Gasteiger partial charge in [-0.25, -0.2) is 0 Å². The van der Waals surface area contributed by atoms with Gasteiger partial charge in [0.1, 0.15) is 0 Å². The van der Waals surface area contributed by atoms with Gasteiger partial charge in [0.25, 0.3) is 0 Å². The summed E-state index contributed by atoms with van der Waals surface area (Å²) in [5.41, 5.74) is 5.20. The quantitative estimate of drug-likeness (QED) is 0.254. The minimum atomic E-state index is -0.0790. The molecule has 2 aromatic heterocycles. The fourth-order valence-corrected chi connectivity index (χ4v) is 7.09. The van der Waals surface area contributed by atoms with E-state index in [0.717, 1.165) is 55.1 Å². The predicted molar refractivity (Wildman–Crippen MR) is 151 cm³/mol. The van der Waals surface area contributed by atoms with E-state index in [4.69, 9.17) is 4.74 Å². The van der Waals surface area contributed by atoms with E-state index in [0.29, 0.717) is 13.2 Å². The van der Waals surface area contributed by atoms with Crippen molar-refractivity contribution in [1.29, 1.82) is 0 Å². The van der Waals surface area contributed by atoms with Gasteiger partial charge < -0.3 is 19.9 Å². The van der Waals surface area contributed by atoms with Crippen LogP contribution in [0.5, 0.6) is 0 Å². The number of fused-ring (bicyclic) bond motifs is 2. The third kappa shape index (κ3) is 5.56. The number of aryl methyl sites for hydroxylation is 1. The Morgan fingerprint density at radius 1 is 0.973 bits per heavy atom. The molecule has 0 radical (unpaired) electrons. The van der Waals surface area contributed by atoms with Crippen LogP contribution in [-0.2, 0) is 11.2 Å². The number of pyridine rings is 2. The van der Waals surface area contributed by atoms with Crippen LogP contribution < -0.4 is 15.8 Å². The molecule has 2 aliphatic heterocycles. The number of aromatic amines is 1. The molecule has 6 nitrogen and oxygen atoms in total. The lowest BCUT2D eigenvalue weighted by Gasteiger charge is -2.29. The van der Waals surface area contributed by atoms with Gasteiger partial charge in [-0.2, -0.15) is 0 Å². The molecule has 1 saturated heterocycles. The van der Waals surface area contributed by atoms with Crippen molar-refractivity contribution in [3.05, 3.63) is 89.0 Å². The third-order valence-electron chi connectivity index (χ3n) is 6.54. The van der Waals surface area contributed by atoms with Crippen LogP contribution in [0.1, 0.15) is 12.0 Å². The van der Waals surface area contributed by atoms with Gasteiger partial charge in [-0.3, -0.25) is 9.78 Å². The molecule has 8 heteroatoms. The van der Waals surface area contributed by atoms with Gasteiger partial charge in [0, 0.05) is 74.6 Å². The predicted octanol–water partition coefficient (Wildman–Crippen LogP) is 5.93. The Morgan fingerprint density at radius 3 is 2.76 bits per heavy atom. The summed E-state index contributed by atoms with van der Waals surface area (Å²) in [7, 11) is 0. The average molecular weight is 529 g/mol. The Bertz CT molecular complexity index is 1450. The summed E-state index contributed by atoms with van der Waals surface area (Å²) in [6.45, 7) is 3.89. The molecule has 0 saturated carbocycles. The Kier molecular flexibility index (Phi) is 7.21. The monoisotopic (exact) mass is 528 g/mol. The van der Waals surface area contributed by atoms with Crippen molar-refractivity contribution < 1.29 is 4.74 Å². The molecule has 2 aliphatic rings. The van der Waals surface area contributed by atoms with Gasteiger partial charge in [-0.1, -0.05) is 41.7 Å². The highest BCUT2D eigenvalue weighted by Gasteiger charge is 2.22. The van der Waals surface area contributed by atoms with Crippen LogP contribution in [0.15, 0.2) is 97.4 Å². The number of aromatic nitrogens is 2. The third-order valence-corrected chi connectivity index (χ3v) is 9.14. The molecule has 2 N–H and O–H groups in total. The van der Waals surface area contributed by atoms with Crippen LogP contribution >= 0.6 is 23.5 Å². The summed E-state index contributed by atoms with van der Waals surface area (Å²) in [6, 6.07) is 20.8. The molecule has 0 aliphatic carbocycles. The van der Waals surface area contributed by atoms with Gasteiger partial charge in [-0.05, 0) is 54.8 Å². The average Bonchev–Trinajstić information content (AvgIpc) is 2.94. The highest BCUT2D eigenvalue weighted by atomic mass is 32.2. The number of rotatable bonds is 7. The maximum atomic E-state index is 12.6. The van der Waals surface area contributed by atoms with Crippen LogP contribution in [-0.4, -0.2) is 42.8 Å². The number of ether oxygens (including phenoxy) is 1. The molecule has 1 fully saturated rings. The van der Waals surface area contributed by atoms with E-state index in [1.807, 2.05) is 18.5 Å². The van der Waals surface area contributed by atoms with Crippen LogP contribution in [0.25, 0.3) is 11.3 Å². The second-order valence-electron chi connectivity index (χ2n) is 9.11. The number of morpholine rings is 1. The minimum absolute atomic E-state index is 0.0790. The van der Waals surface area contributed by atoms with E-state index in [2.05, 4.69) is 68.7 Å². The van der Waals surface area contributed by atoms with Crippen molar-refractivity contribution in [3.63, 3.8) is 0 Å². The summed E-state index contributed by atoms with van der Waals surface area (Å²) in [6.07, 6.45) is 5.82. The molecule has 0 amide bonds. The standard InChI is InChI=1S/C29H28N4O2S2/c34-28-18-22(33-12-14-35-15-13-33)17-24(32-28)23-6-1-7-26-29(23)37-25-9-8-21(16-27(25)36-26)31-11-3-5-20-4-2-10-30-19-20/h1-2,4,6-10,16-19,31H,3,5,11-15H2,(H,32,34). The second kappa shape index (κ2) is 11.0. The van der Waals surface area contributed by atoms with Gasteiger partial charge in [0.05, 0.1) is 18.9 Å². The van der Waals surface area contributed by atoms with E-state index >= 15 is 0 Å². The number of nitrogens with one attached hydrogen (secondary N) is 2. The summed E-state index contributed by atoms with van der Waals surface area (Å²) >= 11 is 3.56. The lowest BCUT2D eigenvalue weighted by molar-refractivity contribution is 0.122. The van der Waals surface area contributed by atoms with E-state index in [1.54, 1.807) is 29.6 Å². The van der Waals surface area contributed by atoms with Crippen molar-refractivity contribution in [2.45, 2.75) is 32.4 Å². The first-order chi connectivity index (χ1) is 18.2. The molecule has 4 aromatic rings. The molecular formula is C29H28N4O2S2. The van der Waals surface area contributed by atoms with E-state index in [-0.39, 0.29) is 5.56 Å². The molecular weight excluding hydrogens is 500 g/mol. The normalized spacial score (nSPS) is 14.6. The summed E-state index contributed by atoms with van der Waals surface area (Å²) in [5, 5.41) is 3.57. The first-order valence-electron chi connectivity index (χ1n) is 12.6. The lowest BCUT2D eigenvalue weighted by Crippen LogP contribution is -2.36. The van der Waals surface area contributed by atoms with Gasteiger partial charge in [-0.15, -0.1) is 0 Å². The highest BCUT2D eigenvalue weighted by molar-refractivity contribution is 8.05. The number of hydrogen-bond acceptors (Lipinski definition) is 7. The van der Waals surface area contributed by atoms with E-state index in [9.17, 15) is 4.79 Å². The summed E-state index contributed by atoms with van der Waals surface area (Å²) < 4.78 is 5.49. The van der Waals surface area contributed by atoms with E-state index < -0.39 is 0 Å². The zero-order chi connectivity index (χ0) is 25.0. The maximum absolute atomic E-state index is 12.6. The molecule has 0 spiro atoms. The Labute approximate surface area is 224 Å². The van der Waals surface area contributed by atoms with Crippen molar-refractivity contribution in [1.82, 2.24) is 9.97 Å². The van der Waals surface area contributed by atoms with Gasteiger partial charge in [0.15, 0.2) is 0 Å². The number of H-pyrrole nitrogens is 1. The number of nitrogens with zero attached hydrogens (tertiary/aromatic N) is 2. The first kappa shape index (κ1) is 24.2. The molecule has 37 heavy (non-hydrogen) atoms. The topological polar surface area (TPSA) is 70.2 Å². The molecule has 4 heterocycles. The number of benzene rings is 2. The molecule has 2 aromatic carbocycles. The van der Waals surface area contributed by atoms with Crippen LogP contribution in [0, 0.1) is 0 Å². The highest BCUT2D eigenvalue weighted by Crippen LogP contribution is 2.52. The number of anilines is 2. The summed E-state index contributed by atoms with van der Waals surface area (Å²) in [4.78, 5) is 27.0. The Hall–Kier alpha value is -3.20. The van der Waals surface area contributed by atoms with Crippen LogP contribution in [0.2, 0.25) is 0 Å². The van der Waals surface area contributed by atoms with Gasteiger partial charge in [0.2, 0.25) is 5.56 Å². The summed E-state index contributed by atoms with van der Waals surface area (Å²) in [5.74, 6) is 0. The molecule has 188 valence electrons. The fourth-order valence-electron chi connectivity index (χ4n) is 4.67. The van der Waals surface area contributed by atoms with Crippen LogP contribution in [0.4, 0.5) is 11.4 Å². The fraction of sp³-hybridized carbons (Fsp3) is 0.241. The smallest absolute Gasteiger partial charge is 0.250 e. The Balaban J connectivity index is 1.19. The van der Waals surface area contributed by atoms with Crippen LogP contribution in [0.3, 0.4) is 0 Å². The maximum Gasteiger partial charge on any atom is 0.250 e. The molecule has 0 bridgehead atoms. The lowest BCUT2D eigenvalue weighted by atomic mass is 10.1. The second-order valence-corrected chi connectivity index (χ2v) is 11.2. The zero-order valence-corrected chi connectivity index (χ0v) is 22.0.